The summed E-state index contributed by atoms with van der Waals surface area (Å²) in [4.78, 5) is 0. The largest absolute Gasteiger partial charge is 0.389 e. The van der Waals surface area contributed by atoms with Gasteiger partial charge in [-0.1, -0.05) is 186 Å². The molecule has 4 aliphatic carbocycles. The third kappa shape index (κ3) is 16.9. The zero-order valence-corrected chi connectivity index (χ0v) is 41.4. The van der Waals surface area contributed by atoms with Gasteiger partial charge in [0.1, 0.15) is 0 Å². The number of allylic oxidation sites excluding steroid dienone is 8. The van der Waals surface area contributed by atoms with Gasteiger partial charge in [0.25, 0.3) is 0 Å². The molecule has 0 spiro atoms. The summed E-state index contributed by atoms with van der Waals surface area (Å²) in [5.74, 6) is 6.42. The maximum absolute atomic E-state index is 4.62. The van der Waals surface area contributed by atoms with E-state index >= 15 is 0 Å². The van der Waals surface area contributed by atoms with Crippen molar-refractivity contribution in [2.45, 2.75) is 253 Å². The molecule has 4 rings (SSSR count). The van der Waals surface area contributed by atoms with E-state index in [1.165, 1.54) is 204 Å². The van der Waals surface area contributed by atoms with Crippen molar-refractivity contribution in [2.75, 3.05) is 6.54 Å². The molecular formula is C59H103N. The number of hydrogen-bond donors (Lipinski definition) is 1. The highest BCUT2D eigenvalue weighted by Crippen LogP contribution is 2.67. The molecule has 0 amide bonds. The van der Waals surface area contributed by atoms with E-state index in [-0.39, 0.29) is 0 Å². The summed E-state index contributed by atoms with van der Waals surface area (Å²) in [5, 5.41) is 3.70. The zero-order valence-electron chi connectivity index (χ0n) is 41.4. The molecule has 0 aromatic rings. The van der Waals surface area contributed by atoms with Gasteiger partial charge < -0.3 is 5.32 Å². The monoisotopic (exact) mass is 826 g/mol. The highest BCUT2D eigenvalue weighted by atomic mass is 14.9. The summed E-state index contributed by atoms with van der Waals surface area (Å²) in [7, 11) is 0. The van der Waals surface area contributed by atoms with Crippen LogP contribution in [0.3, 0.4) is 0 Å². The number of rotatable bonds is 33. The smallest absolute Gasteiger partial charge is 0.0143 e. The van der Waals surface area contributed by atoms with Crippen molar-refractivity contribution in [3.63, 3.8) is 0 Å². The van der Waals surface area contributed by atoms with E-state index in [9.17, 15) is 0 Å². The number of nitrogens with one attached hydrogen (secondary N) is 1. The average molecular weight is 826 g/mol. The van der Waals surface area contributed by atoms with Crippen LogP contribution in [0, 0.1) is 52.3 Å². The molecule has 0 heterocycles. The van der Waals surface area contributed by atoms with Gasteiger partial charge in [-0.05, 0) is 174 Å². The summed E-state index contributed by atoms with van der Waals surface area (Å²) in [6.07, 6.45) is 57.5. The molecule has 344 valence electrons. The van der Waals surface area contributed by atoms with Gasteiger partial charge in [-0.3, -0.25) is 0 Å². The highest BCUT2D eigenvalue weighted by Gasteiger charge is 2.58. The van der Waals surface area contributed by atoms with Crippen molar-refractivity contribution in [3.8, 4) is 0 Å². The summed E-state index contributed by atoms with van der Waals surface area (Å²) < 4.78 is 0. The molecule has 4 aliphatic rings. The maximum Gasteiger partial charge on any atom is 0.0143 e. The highest BCUT2D eigenvalue weighted by molar-refractivity contribution is 5.25. The van der Waals surface area contributed by atoms with Gasteiger partial charge in [0.2, 0.25) is 0 Å². The zero-order chi connectivity index (χ0) is 43.1. The minimum Gasteiger partial charge on any atom is -0.389 e. The standard InChI is InChI=1S/C59H103N/c1-9-11-12-13-14-15-16-17-18-19-20-21-22-23-24-25-26-27-32-51(10-2)33-30-45-60-50(6)36-35-49(5)46-52-41-43-59(8)54(47-52)37-39-55-56-40-38-53(34-29-28-31-48(3)4)58(56,7)44-42-57(55)59/h14-15,17-18,37,48,51-53,55-57,60H,5-6,9-13,16,19-36,38-47H2,1-4,7-8H3/b15-14-,18-17-/t51?,52?,53?,55?,56?,57?,58-,59+/m1/s1. The van der Waals surface area contributed by atoms with E-state index in [1.807, 2.05) is 5.57 Å². The van der Waals surface area contributed by atoms with Crippen LogP contribution in [0.1, 0.15) is 253 Å². The lowest BCUT2D eigenvalue weighted by Crippen LogP contribution is -2.50. The second-order valence-electron chi connectivity index (χ2n) is 22.3. The van der Waals surface area contributed by atoms with Crippen LogP contribution in [0.2, 0.25) is 0 Å². The molecular weight excluding hydrogens is 723 g/mol. The Kier molecular flexibility index (Phi) is 24.1. The Balaban J connectivity index is 0.999. The maximum atomic E-state index is 4.62. The SMILES string of the molecule is C=C(CCC(=C)NCCCC(CC)CCCCCCCCCC/C=C\C/C=C\CCCCC)CC1CC[C@@]2(C)C(=CCC3C4CCC(CCCCC(C)C)[C@@]4(C)CCC32)C1. The van der Waals surface area contributed by atoms with Crippen molar-refractivity contribution in [1.82, 2.24) is 5.32 Å². The van der Waals surface area contributed by atoms with Crippen LogP contribution >= 0.6 is 0 Å². The van der Waals surface area contributed by atoms with E-state index in [1.54, 1.807) is 0 Å². The molecule has 0 aromatic carbocycles. The van der Waals surface area contributed by atoms with E-state index < -0.39 is 0 Å². The predicted octanol–water partition coefficient (Wildman–Crippen LogP) is 19.0. The average Bonchev–Trinajstić information content (AvgIpc) is 3.57. The Hall–Kier alpha value is -1.50. The van der Waals surface area contributed by atoms with Crippen molar-refractivity contribution in [2.24, 2.45) is 52.3 Å². The van der Waals surface area contributed by atoms with Crippen molar-refractivity contribution < 1.29 is 0 Å². The van der Waals surface area contributed by atoms with Crippen LogP contribution in [0.25, 0.3) is 0 Å². The van der Waals surface area contributed by atoms with Gasteiger partial charge in [0.15, 0.2) is 0 Å². The third-order valence-corrected chi connectivity index (χ3v) is 17.4. The second-order valence-corrected chi connectivity index (χ2v) is 22.3. The molecule has 1 N–H and O–H groups in total. The fraction of sp³-hybridized carbons (Fsp3) is 0.831. The molecule has 0 saturated heterocycles. The van der Waals surface area contributed by atoms with E-state index in [2.05, 4.69) is 90.4 Å². The first-order valence-electron chi connectivity index (χ1n) is 27.2. The van der Waals surface area contributed by atoms with E-state index in [0.717, 1.165) is 67.2 Å². The minimum atomic E-state index is 0.467. The van der Waals surface area contributed by atoms with Crippen LogP contribution in [0.5, 0.6) is 0 Å². The van der Waals surface area contributed by atoms with Gasteiger partial charge in [-0.2, -0.15) is 0 Å². The van der Waals surface area contributed by atoms with Crippen molar-refractivity contribution in [1.29, 1.82) is 0 Å². The normalized spacial score (nSPS) is 28.2. The summed E-state index contributed by atoms with van der Waals surface area (Å²) >= 11 is 0. The Morgan fingerprint density at radius 1 is 0.733 bits per heavy atom. The minimum absolute atomic E-state index is 0.467. The van der Waals surface area contributed by atoms with Crippen LogP contribution in [0.4, 0.5) is 0 Å². The second kappa shape index (κ2) is 28.3. The molecule has 60 heavy (non-hydrogen) atoms. The predicted molar refractivity (Wildman–Crippen MR) is 268 cm³/mol. The quantitative estimate of drug-likeness (QED) is 0.0513. The number of fused-ring (bicyclic) bond motifs is 5. The lowest BCUT2D eigenvalue weighted by atomic mass is 9.46. The first-order chi connectivity index (χ1) is 29.1. The first-order valence-corrected chi connectivity index (χ1v) is 27.2. The van der Waals surface area contributed by atoms with Gasteiger partial charge >= 0.3 is 0 Å². The fourth-order valence-electron chi connectivity index (χ4n) is 13.3. The molecule has 8 atom stereocenters. The van der Waals surface area contributed by atoms with Crippen LogP contribution in [0.15, 0.2) is 60.4 Å². The molecule has 0 radical (unpaired) electrons. The van der Waals surface area contributed by atoms with Crippen LogP contribution in [-0.2, 0) is 0 Å². The molecule has 0 bridgehead atoms. The van der Waals surface area contributed by atoms with Crippen molar-refractivity contribution in [3.05, 3.63) is 60.4 Å². The Labute approximate surface area is 376 Å². The van der Waals surface area contributed by atoms with Crippen molar-refractivity contribution >= 4 is 0 Å². The summed E-state index contributed by atoms with van der Waals surface area (Å²) in [5.41, 5.74) is 5.63. The third-order valence-electron chi connectivity index (χ3n) is 17.4. The van der Waals surface area contributed by atoms with Crippen LogP contribution in [-0.4, -0.2) is 6.54 Å². The lowest BCUT2D eigenvalue weighted by molar-refractivity contribution is -0.0455. The van der Waals surface area contributed by atoms with Gasteiger partial charge in [-0.15, -0.1) is 0 Å². The molecule has 0 aromatic heterocycles. The molecule has 0 aliphatic heterocycles. The Morgan fingerprint density at radius 3 is 2.13 bits per heavy atom. The van der Waals surface area contributed by atoms with Gasteiger partial charge in [-0.25, -0.2) is 0 Å². The van der Waals surface area contributed by atoms with Crippen LogP contribution < -0.4 is 5.32 Å². The van der Waals surface area contributed by atoms with E-state index in [0.29, 0.717) is 10.8 Å². The molecule has 3 fully saturated rings. The Morgan fingerprint density at radius 2 is 1.42 bits per heavy atom. The summed E-state index contributed by atoms with van der Waals surface area (Å²) in [6, 6.07) is 0. The number of unbranched alkanes of at least 4 members (excludes halogenated alkanes) is 12. The van der Waals surface area contributed by atoms with Gasteiger partial charge in [0.05, 0.1) is 0 Å². The molecule has 6 unspecified atom stereocenters. The van der Waals surface area contributed by atoms with Gasteiger partial charge in [0, 0.05) is 12.2 Å². The molecule has 1 nitrogen and oxygen atoms in total. The topological polar surface area (TPSA) is 12.0 Å². The number of hydrogen-bond acceptors (Lipinski definition) is 1. The fourth-order valence-corrected chi connectivity index (χ4v) is 13.3. The first kappa shape index (κ1) is 51.1. The lowest BCUT2D eigenvalue weighted by Gasteiger charge is -2.58. The Bertz CT molecular complexity index is 1280. The molecule has 1 heteroatoms. The molecule has 3 saturated carbocycles. The van der Waals surface area contributed by atoms with E-state index in [4.69, 9.17) is 0 Å². The summed E-state index contributed by atoms with van der Waals surface area (Å²) in [6.45, 7) is 25.1.